The van der Waals surface area contributed by atoms with E-state index in [0.717, 1.165) is 25.9 Å². The number of ether oxygens (including phenoxy) is 1. The molecule has 1 aliphatic rings. The van der Waals surface area contributed by atoms with Crippen LogP contribution in [0.2, 0.25) is 0 Å². The Labute approximate surface area is 137 Å². The molecule has 6 nitrogen and oxygen atoms in total. The number of carbonyl (C=O) groups is 2. The van der Waals surface area contributed by atoms with Crippen molar-refractivity contribution in [2.75, 3.05) is 32.8 Å². The van der Waals surface area contributed by atoms with Crippen molar-refractivity contribution in [3.05, 3.63) is 30.3 Å². The molecule has 3 N–H and O–H groups in total. The van der Waals surface area contributed by atoms with Crippen LogP contribution in [0.3, 0.4) is 0 Å². The third-order valence-electron chi connectivity index (χ3n) is 4.08. The first-order chi connectivity index (χ1) is 11.1. The zero-order valence-corrected chi connectivity index (χ0v) is 13.6. The van der Waals surface area contributed by atoms with E-state index in [1.165, 1.54) is 0 Å². The molecule has 1 heterocycles. The monoisotopic (exact) mass is 319 g/mol. The largest absolute Gasteiger partial charge is 0.484 e. The molecule has 0 radical (unpaired) electrons. The molecular weight excluding hydrogens is 294 g/mol. The molecule has 1 aromatic rings. The quantitative estimate of drug-likeness (QED) is 0.691. The van der Waals surface area contributed by atoms with Crippen molar-refractivity contribution in [3.63, 3.8) is 0 Å². The number of nitrogens with one attached hydrogen (secondary N) is 3. The second-order valence-corrected chi connectivity index (χ2v) is 6.22. The Morgan fingerprint density at radius 1 is 1.13 bits per heavy atom. The summed E-state index contributed by atoms with van der Waals surface area (Å²) in [7, 11) is 0. The molecule has 23 heavy (non-hydrogen) atoms. The fourth-order valence-corrected chi connectivity index (χ4v) is 2.48. The molecule has 1 aliphatic heterocycles. The summed E-state index contributed by atoms with van der Waals surface area (Å²) in [6.07, 6.45) is 2.09. The predicted octanol–water partition coefficient (Wildman–Crippen LogP) is 0.688. The average Bonchev–Trinajstić information content (AvgIpc) is 2.58. The second kappa shape index (κ2) is 8.53. The average molecular weight is 319 g/mol. The van der Waals surface area contributed by atoms with Crippen LogP contribution in [0.25, 0.3) is 0 Å². The Balaban J connectivity index is 1.61. The third kappa shape index (κ3) is 6.28. The maximum Gasteiger partial charge on any atom is 0.258 e. The number of hydrogen-bond acceptors (Lipinski definition) is 4. The number of piperidine rings is 1. The van der Waals surface area contributed by atoms with Crippen molar-refractivity contribution in [1.82, 2.24) is 16.0 Å². The summed E-state index contributed by atoms with van der Waals surface area (Å²) >= 11 is 0. The number of hydrogen-bond donors (Lipinski definition) is 3. The number of rotatable bonds is 7. The van der Waals surface area contributed by atoms with E-state index in [1.807, 2.05) is 18.2 Å². The Bertz CT molecular complexity index is 513. The standard InChI is InChI=1S/C17H25N3O3/c1-17(7-9-18-10-8-17)13-20-15(21)11-19-16(22)12-23-14-5-3-2-4-6-14/h2-6,18H,7-13H2,1H3,(H,19,22)(H,20,21). The van der Waals surface area contributed by atoms with Gasteiger partial charge < -0.3 is 20.7 Å². The van der Waals surface area contributed by atoms with Crippen molar-refractivity contribution in [1.29, 1.82) is 0 Å². The molecule has 0 unspecified atom stereocenters. The first-order valence-corrected chi connectivity index (χ1v) is 7.99. The van der Waals surface area contributed by atoms with Crippen molar-refractivity contribution in [2.45, 2.75) is 19.8 Å². The van der Waals surface area contributed by atoms with E-state index in [2.05, 4.69) is 22.9 Å². The van der Waals surface area contributed by atoms with Crippen LogP contribution in [0.4, 0.5) is 0 Å². The van der Waals surface area contributed by atoms with E-state index in [9.17, 15) is 9.59 Å². The topological polar surface area (TPSA) is 79.5 Å². The van der Waals surface area contributed by atoms with Crippen LogP contribution in [0, 0.1) is 5.41 Å². The lowest BCUT2D eigenvalue weighted by atomic mass is 9.81. The Kier molecular flexibility index (Phi) is 6.40. The van der Waals surface area contributed by atoms with E-state index in [-0.39, 0.29) is 30.4 Å². The molecule has 0 atom stereocenters. The summed E-state index contributed by atoms with van der Waals surface area (Å²) in [5, 5.41) is 8.78. The highest BCUT2D eigenvalue weighted by Gasteiger charge is 2.26. The summed E-state index contributed by atoms with van der Waals surface area (Å²) < 4.78 is 5.32. The number of amides is 2. The first kappa shape index (κ1) is 17.3. The molecule has 0 aliphatic carbocycles. The molecule has 0 aromatic heterocycles. The van der Waals surface area contributed by atoms with Crippen LogP contribution in [-0.2, 0) is 9.59 Å². The zero-order valence-electron chi connectivity index (χ0n) is 13.6. The van der Waals surface area contributed by atoms with Gasteiger partial charge in [0, 0.05) is 6.54 Å². The van der Waals surface area contributed by atoms with Gasteiger partial charge in [-0.1, -0.05) is 25.1 Å². The number of benzene rings is 1. The molecule has 0 bridgehead atoms. The third-order valence-corrected chi connectivity index (χ3v) is 4.08. The minimum Gasteiger partial charge on any atom is -0.484 e. The molecule has 126 valence electrons. The van der Waals surface area contributed by atoms with Crippen LogP contribution in [0.5, 0.6) is 5.75 Å². The summed E-state index contributed by atoms with van der Waals surface area (Å²) in [6, 6.07) is 9.10. The smallest absolute Gasteiger partial charge is 0.258 e. The fourth-order valence-electron chi connectivity index (χ4n) is 2.48. The van der Waals surface area contributed by atoms with Crippen molar-refractivity contribution in [3.8, 4) is 5.75 Å². The van der Waals surface area contributed by atoms with Crippen molar-refractivity contribution < 1.29 is 14.3 Å². The van der Waals surface area contributed by atoms with Crippen LogP contribution in [0.1, 0.15) is 19.8 Å². The van der Waals surface area contributed by atoms with E-state index in [4.69, 9.17) is 4.74 Å². The SMILES string of the molecule is CC1(CNC(=O)CNC(=O)COc2ccccc2)CCNCC1. The summed E-state index contributed by atoms with van der Waals surface area (Å²) in [5.74, 6) is 0.154. The molecule has 0 saturated carbocycles. The second-order valence-electron chi connectivity index (χ2n) is 6.22. The van der Waals surface area contributed by atoms with E-state index in [1.54, 1.807) is 12.1 Å². The molecule has 2 amide bonds. The van der Waals surface area contributed by atoms with Gasteiger partial charge in [-0.3, -0.25) is 9.59 Å². The van der Waals surface area contributed by atoms with E-state index < -0.39 is 0 Å². The van der Waals surface area contributed by atoms with Gasteiger partial charge in [-0.25, -0.2) is 0 Å². The Morgan fingerprint density at radius 2 is 1.83 bits per heavy atom. The van der Waals surface area contributed by atoms with Gasteiger partial charge in [0.1, 0.15) is 5.75 Å². The van der Waals surface area contributed by atoms with Gasteiger partial charge in [0.15, 0.2) is 6.61 Å². The maximum absolute atomic E-state index is 11.8. The molecule has 6 heteroatoms. The van der Waals surface area contributed by atoms with Crippen LogP contribution >= 0.6 is 0 Å². The highest BCUT2D eigenvalue weighted by molar-refractivity contribution is 5.85. The normalized spacial score (nSPS) is 16.4. The van der Waals surface area contributed by atoms with Gasteiger partial charge in [-0.2, -0.15) is 0 Å². The Morgan fingerprint density at radius 3 is 2.52 bits per heavy atom. The van der Waals surface area contributed by atoms with Gasteiger partial charge in [-0.15, -0.1) is 0 Å². The summed E-state index contributed by atoms with van der Waals surface area (Å²) in [6.45, 7) is 4.68. The zero-order chi connectivity index (χ0) is 16.5. The van der Waals surface area contributed by atoms with Gasteiger partial charge >= 0.3 is 0 Å². The van der Waals surface area contributed by atoms with Gasteiger partial charge in [-0.05, 0) is 43.5 Å². The number of para-hydroxylation sites is 1. The van der Waals surface area contributed by atoms with Gasteiger partial charge in [0.2, 0.25) is 5.91 Å². The molecule has 1 fully saturated rings. The molecule has 1 saturated heterocycles. The lowest BCUT2D eigenvalue weighted by Gasteiger charge is -2.34. The predicted molar refractivity (Wildman–Crippen MR) is 88.2 cm³/mol. The lowest BCUT2D eigenvalue weighted by Crippen LogP contribution is -2.45. The maximum atomic E-state index is 11.8. The van der Waals surface area contributed by atoms with Crippen LogP contribution < -0.4 is 20.7 Å². The minimum absolute atomic E-state index is 0.0225. The molecular formula is C17H25N3O3. The van der Waals surface area contributed by atoms with Crippen molar-refractivity contribution >= 4 is 11.8 Å². The lowest BCUT2D eigenvalue weighted by molar-refractivity contribution is -0.127. The van der Waals surface area contributed by atoms with Crippen LogP contribution in [0.15, 0.2) is 30.3 Å². The fraction of sp³-hybridized carbons (Fsp3) is 0.529. The van der Waals surface area contributed by atoms with E-state index in [0.29, 0.717) is 12.3 Å². The molecule has 2 rings (SSSR count). The Hall–Kier alpha value is -2.08. The minimum atomic E-state index is -0.308. The molecule has 0 spiro atoms. The highest BCUT2D eigenvalue weighted by Crippen LogP contribution is 2.26. The summed E-state index contributed by atoms with van der Waals surface area (Å²) in [5.41, 5.74) is 0.140. The number of carbonyl (C=O) groups excluding carboxylic acids is 2. The van der Waals surface area contributed by atoms with Crippen LogP contribution in [-0.4, -0.2) is 44.6 Å². The first-order valence-electron chi connectivity index (χ1n) is 7.99. The molecule has 1 aromatic carbocycles. The van der Waals surface area contributed by atoms with E-state index >= 15 is 0 Å². The summed E-state index contributed by atoms with van der Waals surface area (Å²) in [4.78, 5) is 23.5. The van der Waals surface area contributed by atoms with Crippen molar-refractivity contribution in [2.24, 2.45) is 5.41 Å². The van der Waals surface area contributed by atoms with Gasteiger partial charge in [0.05, 0.1) is 6.54 Å². The highest BCUT2D eigenvalue weighted by atomic mass is 16.5. The van der Waals surface area contributed by atoms with Gasteiger partial charge in [0.25, 0.3) is 5.91 Å².